The van der Waals surface area contributed by atoms with Crippen molar-refractivity contribution in [2.75, 3.05) is 32.8 Å². The minimum Gasteiger partial charge on any atom is -0.491 e. The van der Waals surface area contributed by atoms with E-state index in [1.807, 2.05) is 0 Å². The number of benzene rings is 1. The predicted molar refractivity (Wildman–Crippen MR) is 161 cm³/mol. The molecule has 1 saturated heterocycles. The molecule has 2 heterocycles. The van der Waals surface area contributed by atoms with Crippen LogP contribution >= 0.6 is 0 Å². The molecule has 0 radical (unpaired) electrons. The van der Waals surface area contributed by atoms with Gasteiger partial charge in [-0.2, -0.15) is 0 Å². The Kier molecular flexibility index (Phi) is 12.9. The Morgan fingerprint density at radius 3 is 2.39 bits per heavy atom. The number of amides is 6. The fraction of sp³-hybridized carbons (Fsp3) is 0.600. The lowest BCUT2D eigenvalue weighted by atomic mass is 10.0. The van der Waals surface area contributed by atoms with E-state index in [2.05, 4.69) is 31.5 Å². The molecule has 2 aliphatic heterocycles. The summed E-state index contributed by atoms with van der Waals surface area (Å²) in [7, 11) is 0. The van der Waals surface area contributed by atoms with Crippen LogP contribution in [0, 0.1) is 5.92 Å². The van der Waals surface area contributed by atoms with Crippen molar-refractivity contribution in [3.8, 4) is 5.75 Å². The third-order valence-corrected chi connectivity index (χ3v) is 7.50. The van der Waals surface area contributed by atoms with Gasteiger partial charge in [-0.15, -0.1) is 0 Å². The van der Waals surface area contributed by atoms with Gasteiger partial charge >= 0.3 is 0 Å². The summed E-state index contributed by atoms with van der Waals surface area (Å²) in [6.45, 7) is 7.99. The quantitative estimate of drug-likeness (QED) is 0.228. The molecule has 0 spiro atoms. The van der Waals surface area contributed by atoms with E-state index in [4.69, 9.17) is 10.5 Å². The number of hydrogen-bond donors (Lipinski definition) is 6. The van der Waals surface area contributed by atoms with Crippen LogP contribution in [0.25, 0.3) is 0 Å². The number of carbonyl (C=O) groups excluding carboxylic acids is 6. The number of rotatable bonds is 7. The zero-order valence-corrected chi connectivity index (χ0v) is 25.6. The van der Waals surface area contributed by atoms with Gasteiger partial charge in [0.1, 0.15) is 30.5 Å². The van der Waals surface area contributed by atoms with Crippen molar-refractivity contribution < 1.29 is 33.5 Å². The van der Waals surface area contributed by atoms with Crippen LogP contribution in [0.15, 0.2) is 24.3 Å². The highest BCUT2D eigenvalue weighted by Crippen LogP contribution is 2.19. The zero-order chi connectivity index (χ0) is 32.2. The summed E-state index contributed by atoms with van der Waals surface area (Å²) in [5.41, 5.74) is 5.48. The first-order valence-corrected chi connectivity index (χ1v) is 15.2. The summed E-state index contributed by atoms with van der Waals surface area (Å²) in [6, 6.07) is 2.18. The van der Waals surface area contributed by atoms with Gasteiger partial charge in [0.25, 0.3) is 5.91 Å². The molecule has 0 bridgehead atoms. The van der Waals surface area contributed by atoms with Gasteiger partial charge in [-0.05, 0) is 50.9 Å². The van der Waals surface area contributed by atoms with Crippen molar-refractivity contribution in [3.63, 3.8) is 0 Å². The SMILES string of the molecule is CC(C)[C@H]1NC(=O)[C@H](CC(N)=O)NC(=O)C[C@@H](C(=O)NCCN2CCCCC2)NC(=O)c2ccccc2OC[C@H](C)NC1=O. The molecule has 14 nitrogen and oxygen atoms in total. The van der Waals surface area contributed by atoms with Gasteiger partial charge in [-0.25, -0.2) is 0 Å². The van der Waals surface area contributed by atoms with Gasteiger partial charge in [0.05, 0.1) is 24.4 Å². The van der Waals surface area contributed by atoms with Crippen LogP contribution in [0.4, 0.5) is 0 Å². The predicted octanol–water partition coefficient (Wildman–Crippen LogP) is -0.825. The van der Waals surface area contributed by atoms with Crippen molar-refractivity contribution in [2.45, 2.75) is 77.0 Å². The second-order valence-corrected chi connectivity index (χ2v) is 11.7. The summed E-state index contributed by atoms with van der Waals surface area (Å²) >= 11 is 0. The lowest BCUT2D eigenvalue weighted by molar-refractivity contribution is -0.135. The van der Waals surface area contributed by atoms with E-state index < -0.39 is 72.5 Å². The molecule has 2 aliphatic rings. The Morgan fingerprint density at radius 2 is 1.70 bits per heavy atom. The van der Waals surface area contributed by atoms with Crippen LogP contribution in [0.5, 0.6) is 5.75 Å². The van der Waals surface area contributed by atoms with E-state index in [0.29, 0.717) is 13.1 Å². The highest BCUT2D eigenvalue weighted by Gasteiger charge is 2.32. The molecule has 4 atom stereocenters. The second kappa shape index (κ2) is 16.6. The highest BCUT2D eigenvalue weighted by atomic mass is 16.5. The molecule has 0 aromatic heterocycles. The lowest BCUT2D eigenvalue weighted by Gasteiger charge is -2.27. The largest absolute Gasteiger partial charge is 0.491 e. The van der Waals surface area contributed by atoms with E-state index >= 15 is 0 Å². The first-order valence-electron chi connectivity index (χ1n) is 15.2. The molecule has 7 N–H and O–H groups in total. The van der Waals surface area contributed by atoms with Crippen LogP contribution in [0.2, 0.25) is 0 Å². The minimum absolute atomic E-state index is 0.000445. The fourth-order valence-electron chi connectivity index (χ4n) is 5.10. The summed E-state index contributed by atoms with van der Waals surface area (Å²) in [5, 5.41) is 13.3. The first kappa shape index (κ1) is 34.3. The standard InChI is InChI=1S/C30H45N7O7/c1-18(2)26-30(43)33-19(3)17-44-23-10-6-5-9-20(23)27(40)35-22(28(41)32-11-14-37-12-7-4-8-13-37)16-25(39)34-21(15-24(31)38)29(42)36-26/h5-6,9-10,18-19,21-22,26H,4,7-8,11-17H2,1-3H3,(H2,31,38)(H,32,41)(H,33,43)(H,34,39)(H,35,40)(H,36,42)/t19-,21-,22-,26+/m0/s1. The molecule has 3 rings (SSSR count). The van der Waals surface area contributed by atoms with E-state index in [1.165, 1.54) is 12.5 Å². The van der Waals surface area contributed by atoms with Crippen LogP contribution in [-0.4, -0.2) is 97.3 Å². The second-order valence-electron chi connectivity index (χ2n) is 11.7. The number of nitrogens with zero attached hydrogens (tertiary/aromatic N) is 1. The number of nitrogens with one attached hydrogen (secondary N) is 5. The molecule has 0 aliphatic carbocycles. The number of carbonyl (C=O) groups is 6. The molecular formula is C30H45N7O7. The fourth-order valence-corrected chi connectivity index (χ4v) is 5.10. The van der Waals surface area contributed by atoms with Gasteiger partial charge in [0.15, 0.2) is 0 Å². The number of likely N-dealkylation sites (tertiary alicyclic amines) is 1. The average molecular weight is 616 g/mol. The van der Waals surface area contributed by atoms with Gasteiger partial charge in [-0.1, -0.05) is 32.4 Å². The van der Waals surface area contributed by atoms with Gasteiger partial charge in [-0.3, -0.25) is 28.8 Å². The maximum Gasteiger partial charge on any atom is 0.255 e. The van der Waals surface area contributed by atoms with Crippen molar-refractivity contribution in [3.05, 3.63) is 29.8 Å². The maximum atomic E-state index is 13.4. The molecule has 0 saturated carbocycles. The molecule has 44 heavy (non-hydrogen) atoms. The highest BCUT2D eigenvalue weighted by molar-refractivity contribution is 6.01. The Bertz CT molecular complexity index is 1200. The minimum atomic E-state index is -1.41. The zero-order valence-electron chi connectivity index (χ0n) is 25.6. The third kappa shape index (κ3) is 10.5. The van der Waals surface area contributed by atoms with Gasteiger partial charge in [0, 0.05) is 13.1 Å². The van der Waals surface area contributed by atoms with Crippen molar-refractivity contribution in [2.24, 2.45) is 11.7 Å². The number of hydrogen-bond acceptors (Lipinski definition) is 8. The van der Waals surface area contributed by atoms with E-state index in [9.17, 15) is 28.8 Å². The third-order valence-electron chi connectivity index (χ3n) is 7.50. The number of para-hydroxylation sites is 1. The average Bonchev–Trinajstić information content (AvgIpc) is 2.97. The molecule has 1 fully saturated rings. The van der Waals surface area contributed by atoms with E-state index in [1.54, 1.807) is 39.0 Å². The van der Waals surface area contributed by atoms with E-state index in [0.717, 1.165) is 25.9 Å². The Labute approximate surface area is 257 Å². The van der Waals surface area contributed by atoms with E-state index in [-0.39, 0.29) is 23.8 Å². The number of ether oxygens (including phenoxy) is 1. The van der Waals surface area contributed by atoms with Crippen molar-refractivity contribution >= 4 is 35.4 Å². The normalized spacial score (nSPS) is 24.5. The van der Waals surface area contributed by atoms with Crippen LogP contribution in [0.1, 0.15) is 63.2 Å². The van der Waals surface area contributed by atoms with Crippen molar-refractivity contribution in [1.29, 1.82) is 0 Å². The summed E-state index contributed by atoms with van der Waals surface area (Å²) in [4.78, 5) is 80.2. The molecule has 14 heteroatoms. The molecular weight excluding hydrogens is 570 g/mol. The molecule has 6 amide bonds. The van der Waals surface area contributed by atoms with Crippen LogP contribution in [-0.2, 0) is 24.0 Å². The number of nitrogens with two attached hydrogens (primary N) is 1. The smallest absolute Gasteiger partial charge is 0.255 e. The van der Waals surface area contributed by atoms with Crippen molar-refractivity contribution in [1.82, 2.24) is 31.5 Å². The molecule has 0 unspecified atom stereocenters. The molecule has 1 aromatic rings. The number of primary amides is 1. The Hall–Kier alpha value is -4.20. The summed E-state index contributed by atoms with van der Waals surface area (Å²) < 4.78 is 5.87. The first-order chi connectivity index (χ1) is 20.9. The Balaban J connectivity index is 1.88. The lowest BCUT2D eigenvalue weighted by Crippen LogP contribution is -2.58. The van der Waals surface area contributed by atoms with Gasteiger partial charge < -0.3 is 42.0 Å². The monoisotopic (exact) mass is 615 g/mol. The summed E-state index contributed by atoms with van der Waals surface area (Å²) in [6.07, 6.45) is 2.29. The summed E-state index contributed by atoms with van der Waals surface area (Å²) in [5.74, 6) is -4.29. The Morgan fingerprint density at radius 1 is 1.00 bits per heavy atom. The number of fused-ring (bicyclic) bond motifs is 1. The maximum absolute atomic E-state index is 13.4. The molecule has 242 valence electrons. The van der Waals surface area contributed by atoms with Gasteiger partial charge in [0.2, 0.25) is 29.5 Å². The van der Waals surface area contributed by atoms with Crippen LogP contribution in [0.3, 0.4) is 0 Å². The number of piperidine rings is 1. The molecule has 1 aromatic carbocycles. The topological polar surface area (TPSA) is 201 Å². The van der Waals surface area contributed by atoms with Crippen LogP contribution < -0.4 is 37.1 Å².